The van der Waals surface area contributed by atoms with E-state index in [1.165, 1.54) is 30.4 Å². The summed E-state index contributed by atoms with van der Waals surface area (Å²) in [4.78, 5) is 14.3. The molecule has 1 aromatic rings. The highest BCUT2D eigenvalue weighted by Gasteiger charge is 2.37. The fourth-order valence-corrected chi connectivity index (χ4v) is 3.44. The molecule has 19 heavy (non-hydrogen) atoms. The number of rotatable bonds is 2. The summed E-state index contributed by atoms with van der Waals surface area (Å²) in [6.07, 6.45) is 6.24. The average molecular weight is 258 g/mol. The van der Waals surface area contributed by atoms with Crippen molar-refractivity contribution in [2.24, 2.45) is 0 Å². The first kappa shape index (κ1) is 12.7. The second-order valence-electron chi connectivity index (χ2n) is 5.73. The number of hydrogen-bond donors (Lipinski definition) is 1. The molecule has 1 aliphatic carbocycles. The summed E-state index contributed by atoms with van der Waals surface area (Å²) >= 11 is 0. The molecule has 1 unspecified atom stereocenters. The molecule has 1 atom stereocenters. The highest BCUT2D eigenvalue weighted by molar-refractivity contribution is 5.81. The second kappa shape index (κ2) is 5.33. The summed E-state index contributed by atoms with van der Waals surface area (Å²) in [5.74, 6) is 0.264. The van der Waals surface area contributed by atoms with E-state index >= 15 is 0 Å². The third kappa shape index (κ3) is 2.39. The molecule has 0 bridgehead atoms. The lowest BCUT2D eigenvalue weighted by atomic mass is 9.93. The molecule has 2 aliphatic rings. The Morgan fingerprint density at radius 2 is 1.89 bits per heavy atom. The molecule has 2 fully saturated rings. The molecule has 1 N–H and O–H groups in total. The Bertz CT molecular complexity index is 466. The van der Waals surface area contributed by atoms with Gasteiger partial charge in [-0.1, -0.05) is 43.5 Å². The van der Waals surface area contributed by atoms with Crippen LogP contribution in [0.5, 0.6) is 0 Å². The number of benzene rings is 1. The monoisotopic (exact) mass is 258 g/mol. The quantitative estimate of drug-likeness (QED) is 0.884. The van der Waals surface area contributed by atoms with E-state index in [2.05, 4.69) is 41.4 Å². The van der Waals surface area contributed by atoms with E-state index in [9.17, 15) is 4.79 Å². The molecular formula is C16H22N2O. The molecule has 0 radical (unpaired) electrons. The van der Waals surface area contributed by atoms with Crippen LogP contribution in [0, 0.1) is 6.92 Å². The van der Waals surface area contributed by atoms with Gasteiger partial charge in [0, 0.05) is 6.04 Å². The minimum atomic E-state index is 0.0804. The third-order valence-electron chi connectivity index (χ3n) is 4.46. The molecule has 1 saturated heterocycles. The maximum Gasteiger partial charge on any atom is 0.238 e. The Morgan fingerprint density at radius 3 is 2.63 bits per heavy atom. The average Bonchev–Trinajstić information content (AvgIpc) is 2.82. The number of nitrogens with zero attached hydrogens (tertiary/aromatic N) is 1. The van der Waals surface area contributed by atoms with E-state index in [1.807, 2.05) is 0 Å². The Balaban J connectivity index is 1.87. The molecular weight excluding hydrogens is 236 g/mol. The van der Waals surface area contributed by atoms with Gasteiger partial charge >= 0.3 is 0 Å². The van der Waals surface area contributed by atoms with Crippen LogP contribution >= 0.6 is 0 Å². The van der Waals surface area contributed by atoms with Crippen molar-refractivity contribution in [2.45, 2.75) is 51.2 Å². The first-order valence-electron chi connectivity index (χ1n) is 7.37. The van der Waals surface area contributed by atoms with E-state index < -0.39 is 0 Å². The SMILES string of the molecule is Cc1ccccc1C1NCC(=O)N1C1CCCCC1. The zero-order valence-electron chi connectivity index (χ0n) is 11.6. The van der Waals surface area contributed by atoms with Crippen LogP contribution < -0.4 is 5.32 Å². The third-order valence-corrected chi connectivity index (χ3v) is 4.46. The molecule has 102 valence electrons. The van der Waals surface area contributed by atoms with Gasteiger partial charge in [0.25, 0.3) is 0 Å². The molecule has 3 nitrogen and oxygen atoms in total. The van der Waals surface area contributed by atoms with Gasteiger partial charge < -0.3 is 4.90 Å². The Hall–Kier alpha value is -1.35. The zero-order valence-corrected chi connectivity index (χ0v) is 11.6. The molecule has 1 aliphatic heterocycles. The summed E-state index contributed by atoms with van der Waals surface area (Å²) in [7, 11) is 0. The number of hydrogen-bond acceptors (Lipinski definition) is 2. The Labute approximate surface area is 115 Å². The first-order chi connectivity index (χ1) is 9.27. The van der Waals surface area contributed by atoms with Crippen molar-refractivity contribution in [3.63, 3.8) is 0 Å². The fraction of sp³-hybridized carbons (Fsp3) is 0.562. The van der Waals surface area contributed by atoms with Crippen LogP contribution in [-0.2, 0) is 4.79 Å². The van der Waals surface area contributed by atoms with Crippen LogP contribution in [0.3, 0.4) is 0 Å². The van der Waals surface area contributed by atoms with E-state index in [0.717, 1.165) is 12.8 Å². The first-order valence-corrected chi connectivity index (χ1v) is 7.37. The lowest BCUT2D eigenvalue weighted by Gasteiger charge is -2.35. The summed E-state index contributed by atoms with van der Waals surface area (Å²) in [6.45, 7) is 2.61. The maximum atomic E-state index is 12.2. The minimum absolute atomic E-state index is 0.0804. The highest BCUT2D eigenvalue weighted by atomic mass is 16.2. The highest BCUT2D eigenvalue weighted by Crippen LogP contribution is 2.32. The zero-order chi connectivity index (χ0) is 13.2. The van der Waals surface area contributed by atoms with Crippen LogP contribution in [0.1, 0.15) is 49.4 Å². The van der Waals surface area contributed by atoms with Crippen molar-refractivity contribution in [3.8, 4) is 0 Å². The van der Waals surface area contributed by atoms with E-state index in [0.29, 0.717) is 12.6 Å². The van der Waals surface area contributed by atoms with Crippen molar-refractivity contribution in [1.29, 1.82) is 0 Å². The number of carbonyl (C=O) groups excluding carboxylic acids is 1. The molecule has 1 saturated carbocycles. The van der Waals surface area contributed by atoms with Crippen LogP contribution in [0.15, 0.2) is 24.3 Å². The van der Waals surface area contributed by atoms with Gasteiger partial charge in [-0.15, -0.1) is 0 Å². The normalized spacial score (nSPS) is 25.0. The van der Waals surface area contributed by atoms with E-state index in [4.69, 9.17) is 0 Å². The van der Waals surface area contributed by atoms with E-state index in [1.54, 1.807) is 0 Å². The van der Waals surface area contributed by atoms with Crippen molar-refractivity contribution < 1.29 is 4.79 Å². The van der Waals surface area contributed by atoms with Crippen molar-refractivity contribution in [1.82, 2.24) is 10.2 Å². The molecule has 3 rings (SSSR count). The van der Waals surface area contributed by atoms with Crippen LogP contribution in [-0.4, -0.2) is 23.4 Å². The summed E-state index contributed by atoms with van der Waals surface area (Å²) in [5.41, 5.74) is 2.51. The maximum absolute atomic E-state index is 12.2. The van der Waals surface area contributed by atoms with Crippen molar-refractivity contribution in [2.75, 3.05) is 6.54 Å². The van der Waals surface area contributed by atoms with E-state index in [-0.39, 0.29) is 12.1 Å². The van der Waals surface area contributed by atoms with Crippen molar-refractivity contribution in [3.05, 3.63) is 35.4 Å². The fourth-order valence-electron chi connectivity index (χ4n) is 3.44. The van der Waals surface area contributed by atoms with Gasteiger partial charge in [-0.3, -0.25) is 10.1 Å². The summed E-state index contributed by atoms with van der Waals surface area (Å²) in [5, 5.41) is 3.39. The lowest BCUT2D eigenvalue weighted by Crippen LogP contribution is -2.41. The summed E-state index contributed by atoms with van der Waals surface area (Å²) < 4.78 is 0. The van der Waals surface area contributed by atoms with Crippen molar-refractivity contribution >= 4 is 5.91 Å². The molecule has 0 spiro atoms. The molecule has 1 aromatic carbocycles. The lowest BCUT2D eigenvalue weighted by molar-refractivity contribution is -0.131. The van der Waals surface area contributed by atoms with Gasteiger partial charge in [0.05, 0.1) is 6.54 Å². The standard InChI is InChI=1S/C16H22N2O/c1-12-7-5-6-10-14(12)16-17-11-15(19)18(16)13-8-3-2-4-9-13/h5-7,10,13,16-17H,2-4,8-9,11H2,1H3. The number of aryl methyl sites for hydroxylation is 1. The van der Waals surface area contributed by atoms with Gasteiger partial charge in [0.1, 0.15) is 6.17 Å². The van der Waals surface area contributed by atoms with Gasteiger partial charge in [0.2, 0.25) is 5.91 Å². The minimum Gasteiger partial charge on any atom is -0.319 e. The van der Waals surface area contributed by atoms with Gasteiger partial charge in [-0.25, -0.2) is 0 Å². The van der Waals surface area contributed by atoms with Gasteiger partial charge in [0.15, 0.2) is 0 Å². The molecule has 3 heteroatoms. The summed E-state index contributed by atoms with van der Waals surface area (Å²) in [6, 6.07) is 8.81. The topological polar surface area (TPSA) is 32.3 Å². The Kier molecular flexibility index (Phi) is 3.56. The van der Waals surface area contributed by atoms with Crippen LogP contribution in [0.2, 0.25) is 0 Å². The Morgan fingerprint density at radius 1 is 1.16 bits per heavy atom. The number of amides is 1. The predicted octanol–water partition coefficient (Wildman–Crippen LogP) is 2.76. The van der Waals surface area contributed by atoms with Gasteiger partial charge in [-0.2, -0.15) is 0 Å². The van der Waals surface area contributed by atoms with Gasteiger partial charge in [-0.05, 0) is 30.9 Å². The molecule has 0 aromatic heterocycles. The molecule has 1 amide bonds. The van der Waals surface area contributed by atoms with Crippen LogP contribution in [0.25, 0.3) is 0 Å². The second-order valence-corrected chi connectivity index (χ2v) is 5.73. The molecule has 1 heterocycles. The largest absolute Gasteiger partial charge is 0.319 e. The number of carbonyl (C=O) groups is 1. The smallest absolute Gasteiger partial charge is 0.238 e. The predicted molar refractivity (Wildman–Crippen MR) is 75.6 cm³/mol. The number of nitrogens with one attached hydrogen (secondary N) is 1. The van der Waals surface area contributed by atoms with Crippen LogP contribution in [0.4, 0.5) is 0 Å².